The second-order valence-electron chi connectivity index (χ2n) is 6.32. The van der Waals surface area contributed by atoms with Gasteiger partial charge in [-0.25, -0.2) is 13.6 Å². The number of hydrogen-bond acceptors (Lipinski definition) is 3. The zero-order valence-corrected chi connectivity index (χ0v) is 14.3. The van der Waals surface area contributed by atoms with E-state index in [-0.39, 0.29) is 37.9 Å². The Morgan fingerprint density at radius 2 is 1.92 bits per heavy atom. The molecule has 0 unspecified atom stereocenters. The van der Waals surface area contributed by atoms with Crippen molar-refractivity contribution in [2.45, 2.75) is 37.1 Å². The quantitative estimate of drug-likeness (QED) is 0.811. The third-order valence-electron chi connectivity index (χ3n) is 4.49. The molecule has 0 spiro atoms. The Morgan fingerprint density at radius 3 is 2.46 bits per heavy atom. The summed E-state index contributed by atoms with van der Waals surface area (Å²) in [5.41, 5.74) is 3.99. The molecule has 2 rings (SSSR count). The van der Waals surface area contributed by atoms with Gasteiger partial charge in [0.05, 0.1) is 6.07 Å². The Morgan fingerprint density at radius 1 is 1.31 bits per heavy atom. The molecule has 0 atom stereocenters. The summed E-state index contributed by atoms with van der Waals surface area (Å²) < 4.78 is 28.1. The molecule has 0 aliphatic carbocycles. The number of nitrogens with two attached hydrogens (primary N) is 1. The smallest absolute Gasteiger partial charge is 0.314 e. The van der Waals surface area contributed by atoms with Crippen LogP contribution >= 0.6 is 0 Å². The maximum absolute atomic E-state index is 14.1. The second kappa shape index (κ2) is 8.13. The van der Waals surface area contributed by atoms with E-state index in [1.807, 2.05) is 0 Å². The molecule has 1 aliphatic heterocycles. The fourth-order valence-corrected chi connectivity index (χ4v) is 2.87. The standard InChI is InChI=1S/C18H21F2N4O2/c19-18(20,14-5-2-1-3-6-14)8-4-7-15(25)23-17(13-21)9-11-24(12-10-17)16(22)26/h1-3,5-7H,4,8-12H2,(H2,22,26)(H,23,25). The Kier molecular flexibility index (Phi) is 6.14. The van der Waals surface area contributed by atoms with Gasteiger partial charge in [-0.1, -0.05) is 30.3 Å². The van der Waals surface area contributed by atoms with Crippen molar-refractivity contribution in [2.75, 3.05) is 13.1 Å². The molecule has 3 N–H and O–H groups in total. The highest BCUT2D eigenvalue weighted by atomic mass is 19.3. The van der Waals surface area contributed by atoms with Crippen LogP contribution in [0.5, 0.6) is 0 Å². The van der Waals surface area contributed by atoms with E-state index in [9.17, 15) is 23.6 Å². The first-order valence-corrected chi connectivity index (χ1v) is 8.32. The summed E-state index contributed by atoms with van der Waals surface area (Å²) in [6.45, 7) is 0.518. The van der Waals surface area contributed by atoms with Gasteiger partial charge in [-0.3, -0.25) is 4.79 Å². The van der Waals surface area contributed by atoms with Crippen molar-refractivity contribution in [1.29, 1.82) is 5.26 Å². The molecule has 1 aromatic rings. The average Bonchev–Trinajstić information content (AvgIpc) is 2.62. The van der Waals surface area contributed by atoms with Gasteiger partial charge in [0.1, 0.15) is 5.54 Å². The van der Waals surface area contributed by atoms with Crippen molar-refractivity contribution in [3.8, 4) is 6.07 Å². The van der Waals surface area contributed by atoms with Crippen LogP contribution in [0.4, 0.5) is 13.6 Å². The SMILES string of the molecule is N#CC1(NC(=O)[CH]CCC(F)(F)c2ccccc2)CCN(C(N)=O)CC1. The van der Waals surface area contributed by atoms with Crippen LogP contribution in [0.1, 0.15) is 31.2 Å². The van der Waals surface area contributed by atoms with Crippen molar-refractivity contribution in [2.24, 2.45) is 5.73 Å². The van der Waals surface area contributed by atoms with Crippen molar-refractivity contribution in [1.82, 2.24) is 10.2 Å². The molecule has 1 saturated heterocycles. The number of primary amides is 1. The van der Waals surface area contributed by atoms with Crippen molar-refractivity contribution < 1.29 is 18.4 Å². The molecular weight excluding hydrogens is 342 g/mol. The summed E-state index contributed by atoms with van der Waals surface area (Å²) in [5, 5.41) is 12.0. The van der Waals surface area contributed by atoms with Crippen molar-refractivity contribution in [3.63, 3.8) is 0 Å². The number of nitrogens with one attached hydrogen (secondary N) is 1. The Bertz CT molecular complexity index is 680. The van der Waals surface area contributed by atoms with Crippen LogP contribution in [0.25, 0.3) is 0 Å². The number of piperidine rings is 1. The zero-order chi connectivity index (χ0) is 19.2. The number of alkyl halides is 2. The van der Waals surface area contributed by atoms with Gasteiger partial charge in [0, 0.05) is 44.3 Å². The maximum Gasteiger partial charge on any atom is 0.314 e. The van der Waals surface area contributed by atoms with Gasteiger partial charge in [-0.05, 0) is 6.42 Å². The number of carbonyl (C=O) groups is 2. The third kappa shape index (κ3) is 4.91. The predicted octanol–water partition coefficient (Wildman–Crippen LogP) is 2.32. The van der Waals surface area contributed by atoms with E-state index in [0.29, 0.717) is 0 Å². The minimum atomic E-state index is -3.03. The summed E-state index contributed by atoms with van der Waals surface area (Å²) in [5.74, 6) is -3.60. The minimum absolute atomic E-state index is 0.0962. The monoisotopic (exact) mass is 363 g/mol. The lowest BCUT2D eigenvalue weighted by Crippen LogP contribution is -2.56. The highest BCUT2D eigenvalue weighted by Gasteiger charge is 2.37. The molecule has 0 bridgehead atoms. The fraction of sp³-hybridized carbons (Fsp3) is 0.444. The molecule has 0 saturated carbocycles. The number of likely N-dealkylation sites (tertiary alicyclic amines) is 1. The highest BCUT2D eigenvalue weighted by Crippen LogP contribution is 2.33. The number of rotatable bonds is 6. The van der Waals surface area contributed by atoms with E-state index in [1.54, 1.807) is 6.07 Å². The first kappa shape index (κ1) is 19.6. The zero-order valence-electron chi connectivity index (χ0n) is 14.3. The van der Waals surface area contributed by atoms with Crippen molar-refractivity contribution in [3.05, 3.63) is 42.3 Å². The molecule has 8 heteroatoms. The van der Waals surface area contributed by atoms with E-state index in [0.717, 1.165) is 6.42 Å². The Labute approximate surface area is 151 Å². The third-order valence-corrected chi connectivity index (χ3v) is 4.49. The molecule has 1 radical (unpaired) electrons. The van der Waals surface area contributed by atoms with Crippen LogP contribution in [0, 0.1) is 17.8 Å². The molecule has 26 heavy (non-hydrogen) atoms. The van der Waals surface area contributed by atoms with E-state index < -0.39 is 29.8 Å². The lowest BCUT2D eigenvalue weighted by Gasteiger charge is -2.36. The first-order valence-electron chi connectivity index (χ1n) is 8.32. The largest absolute Gasteiger partial charge is 0.351 e. The van der Waals surface area contributed by atoms with E-state index in [4.69, 9.17) is 5.73 Å². The topological polar surface area (TPSA) is 99.2 Å². The average molecular weight is 363 g/mol. The number of amides is 3. The van der Waals surface area contributed by atoms with Gasteiger partial charge in [0.25, 0.3) is 5.92 Å². The summed E-state index contributed by atoms with van der Waals surface area (Å²) in [6.07, 6.45) is 0.997. The lowest BCUT2D eigenvalue weighted by atomic mass is 9.88. The number of nitrogens with zero attached hydrogens (tertiary/aromatic N) is 2. The number of nitriles is 1. The van der Waals surface area contributed by atoms with Gasteiger partial charge < -0.3 is 16.0 Å². The number of urea groups is 1. The molecule has 1 fully saturated rings. The fourth-order valence-electron chi connectivity index (χ4n) is 2.87. The van der Waals surface area contributed by atoms with Crippen LogP contribution in [0.2, 0.25) is 0 Å². The van der Waals surface area contributed by atoms with Gasteiger partial charge in [-0.2, -0.15) is 5.26 Å². The summed E-state index contributed by atoms with van der Waals surface area (Å²) >= 11 is 0. The van der Waals surface area contributed by atoms with Gasteiger partial charge >= 0.3 is 6.03 Å². The van der Waals surface area contributed by atoms with Gasteiger partial charge in [0.15, 0.2) is 0 Å². The van der Waals surface area contributed by atoms with Crippen LogP contribution in [-0.4, -0.2) is 35.5 Å². The van der Waals surface area contributed by atoms with Gasteiger partial charge in [-0.15, -0.1) is 0 Å². The normalized spacial score (nSPS) is 16.6. The summed E-state index contributed by atoms with van der Waals surface area (Å²) in [7, 11) is 0. The number of benzene rings is 1. The molecule has 3 amide bonds. The number of halogens is 2. The van der Waals surface area contributed by atoms with Crippen LogP contribution < -0.4 is 11.1 Å². The summed E-state index contributed by atoms with van der Waals surface area (Å²) in [4.78, 5) is 24.6. The molecule has 1 aromatic carbocycles. The van der Waals surface area contributed by atoms with Crippen LogP contribution in [0.15, 0.2) is 30.3 Å². The minimum Gasteiger partial charge on any atom is -0.351 e. The maximum atomic E-state index is 14.1. The lowest BCUT2D eigenvalue weighted by molar-refractivity contribution is -0.119. The number of carbonyl (C=O) groups excluding carboxylic acids is 2. The second-order valence-corrected chi connectivity index (χ2v) is 6.32. The van der Waals surface area contributed by atoms with E-state index >= 15 is 0 Å². The van der Waals surface area contributed by atoms with E-state index in [2.05, 4.69) is 11.4 Å². The molecule has 6 nitrogen and oxygen atoms in total. The van der Waals surface area contributed by atoms with Crippen LogP contribution in [0.3, 0.4) is 0 Å². The highest BCUT2D eigenvalue weighted by molar-refractivity contribution is 5.85. The van der Waals surface area contributed by atoms with Crippen molar-refractivity contribution >= 4 is 11.9 Å². The van der Waals surface area contributed by atoms with Gasteiger partial charge in [0.2, 0.25) is 5.91 Å². The summed E-state index contributed by atoms with van der Waals surface area (Å²) in [6, 6.07) is 8.91. The Hall–Kier alpha value is -2.69. The molecule has 1 heterocycles. The number of hydrogen-bond donors (Lipinski definition) is 2. The Balaban J connectivity index is 1.83. The van der Waals surface area contributed by atoms with E-state index in [1.165, 1.54) is 29.2 Å². The first-order chi connectivity index (χ1) is 12.3. The molecule has 1 aliphatic rings. The molecule has 139 valence electrons. The predicted molar refractivity (Wildman–Crippen MR) is 90.7 cm³/mol. The molecular formula is C18H21F2N4O2. The molecule has 0 aromatic heterocycles. The van der Waals surface area contributed by atoms with Crippen LogP contribution in [-0.2, 0) is 10.7 Å².